The number of hydrogen-bond acceptors (Lipinski definition) is 5. The Labute approximate surface area is 108 Å². The van der Waals surface area contributed by atoms with Gasteiger partial charge in [0.05, 0.1) is 0 Å². The quantitative estimate of drug-likeness (QED) is 0.616. The molecule has 1 aromatic rings. The molecule has 1 aromatic heterocycles. The van der Waals surface area contributed by atoms with E-state index in [0.29, 0.717) is 11.6 Å². The Morgan fingerprint density at radius 1 is 1.33 bits per heavy atom. The van der Waals surface area contributed by atoms with Crippen molar-refractivity contribution < 1.29 is 0 Å². The molecule has 18 heavy (non-hydrogen) atoms. The first-order chi connectivity index (χ1) is 8.78. The Kier molecular flexibility index (Phi) is 4.35. The van der Waals surface area contributed by atoms with Crippen LogP contribution in [0.2, 0.25) is 0 Å². The van der Waals surface area contributed by atoms with Gasteiger partial charge >= 0.3 is 0 Å². The molecule has 0 atom stereocenters. The van der Waals surface area contributed by atoms with Crippen molar-refractivity contribution in [2.24, 2.45) is 5.92 Å². The Balaban J connectivity index is 1.86. The monoisotopic (exact) mass is 245 g/mol. The third kappa shape index (κ3) is 3.59. The van der Waals surface area contributed by atoms with Crippen LogP contribution in [0.3, 0.4) is 0 Å². The van der Waals surface area contributed by atoms with Crippen LogP contribution in [-0.2, 0) is 0 Å². The average Bonchev–Trinajstić information content (AvgIpc) is 2.82. The first-order valence-electron chi connectivity index (χ1n) is 6.52. The molecule has 5 nitrogen and oxygen atoms in total. The molecule has 1 saturated carbocycles. The lowest BCUT2D eigenvalue weighted by Crippen LogP contribution is -2.09. The molecule has 1 aliphatic rings. The largest absolute Gasteiger partial charge is 0.370 e. The Hall–Kier alpha value is -1.83. The number of hydrogen-bond donors (Lipinski definition) is 2. The lowest BCUT2D eigenvalue weighted by molar-refractivity contribution is 0.518. The van der Waals surface area contributed by atoms with Gasteiger partial charge in [-0.2, -0.15) is 5.26 Å². The van der Waals surface area contributed by atoms with Crippen LogP contribution in [0, 0.1) is 24.3 Å². The Morgan fingerprint density at radius 2 is 2.06 bits per heavy atom. The van der Waals surface area contributed by atoms with E-state index in [4.69, 9.17) is 5.26 Å². The maximum absolute atomic E-state index is 8.58. The summed E-state index contributed by atoms with van der Waals surface area (Å²) in [5.74, 6) is 2.88. The molecule has 1 aliphatic carbocycles. The molecule has 0 aromatic carbocycles. The van der Waals surface area contributed by atoms with Crippen molar-refractivity contribution in [3.8, 4) is 6.19 Å². The molecule has 0 spiro atoms. The number of anilines is 2. The fraction of sp³-hybridized carbons (Fsp3) is 0.615. The molecule has 2 rings (SSSR count). The topological polar surface area (TPSA) is 73.6 Å². The van der Waals surface area contributed by atoms with Gasteiger partial charge in [0.25, 0.3) is 0 Å². The normalized spacial score (nSPS) is 15.3. The number of nitrogens with one attached hydrogen (secondary N) is 2. The maximum atomic E-state index is 8.58. The van der Waals surface area contributed by atoms with E-state index in [0.717, 1.165) is 18.3 Å². The molecule has 1 heterocycles. The van der Waals surface area contributed by atoms with Crippen LogP contribution in [0.4, 0.5) is 11.6 Å². The smallest absolute Gasteiger partial charge is 0.182 e. The highest BCUT2D eigenvalue weighted by Gasteiger charge is 2.14. The summed E-state index contributed by atoms with van der Waals surface area (Å²) in [5, 5.41) is 14.4. The van der Waals surface area contributed by atoms with E-state index in [-0.39, 0.29) is 0 Å². The molecule has 0 radical (unpaired) electrons. The first kappa shape index (κ1) is 12.6. The first-order valence-corrected chi connectivity index (χ1v) is 6.52. The Bertz CT molecular complexity index is 431. The highest BCUT2D eigenvalue weighted by atomic mass is 15.1. The van der Waals surface area contributed by atoms with Crippen LogP contribution in [0.1, 0.15) is 37.9 Å². The van der Waals surface area contributed by atoms with Gasteiger partial charge in [0.2, 0.25) is 0 Å². The standard InChI is InChI=1S/C13H19N5/c1-10-17-12(8-13(18-10)16-9-14)15-7-6-11-4-2-3-5-11/h8,11H,2-7H2,1H3,(H2,15,16,17,18). The number of nitrogens with zero attached hydrogens (tertiary/aromatic N) is 3. The molecular formula is C13H19N5. The summed E-state index contributed by atoms with van der Waals surface area (Å²) < 4.78 is 0. The van der Waals surface area contributed by atoms with Gasteiger partial charge in [0.1, 0.15) is 17.5 Å². The number of rotatable bonds is 5. The minimum atomic E-state index is 0.549. The second kappa shape index (κ2) is 6.20. The average molecular weight is 245 g/mol. The van der Waals surface area contributed by atoms with Crippen molar-refractivity contribution in [1.82, 2.24) is 9.97 Å². The lowest BCUT2D eigenvalue weighted by atomic mass is 10.0. The van der Waals surface area contributed by atoms with Crippen molar-refractivity contribution in [3.63, 3.8) is 0 Å². The second-order valence-electron chi connectivity index (χ2n) is 4.79. The van der Waals surface area contributed by atoms with Gasteiger partial charge in [0, 0.05) is 12.6 Å². The van der Waals surface area contributed by atoms with E-state index in [9.17, 15) is 0 Å². The van der Waals surface area contributed by atoms with Crippen LogP contribution in [0.5, 0.6) is 0 Å². The van der Waals surface area contributed by atoms with Gasteiger partial charge in [-0.1, -0.05) is 25.7 Å². The van der Waals surface area contributed by atoms with Crippen molar-refractivity contribution >= 4 is 11.6 Å². The van der Waals surface area contributed by atoms with E-state index < -0.39 is 0 Å². The molecular weight excluding hydrogens is 226 g/mol. The SMILES string of the molecule is Cc1nc(NC#N)cc(NCCC2CCCC2)n1. The molecule has 0 bridgehead atoms. The van der Waals surface area contributed by atoms with Crippen LogP contribution in [0.25, 0.3) is 0 Å². The summed E-state index contributed by atoms with van der Waals surface area (Å²) in [4.78, 5) is 8.43. The molecule has 2 N–H and O–H groups in total. The summed E-state index contributed by atoms with van der Waals surface area (Å²) >= 11 is 0. The number of nitriles is 1. The third-order valence-corrected chi connectivity index (χ3v) is 3.36. The number of aromatic nitrogens is 2. The van der Waals surface area contributed by atoms with E-state index >= 15 is 0 Å². The molecule has 0 saturated heterocycles. The molecule has 1 fully saturated rings. The summed E-state index contributed by atoms with van der Waals surface area (Å²) in [5.41, 5.74) is 0. The summed E-state index contributed by atoms with van der Waals surface area (Å²) in [6.45, 7) is 2.76. The van der Waals surface area contributed by atoms with E-state index in [1.54, 1.807) is 6.07 Å². The van der Waals surface area contributed by atoms with Crippen LogP contribution >= 0.6 is 0 Å². The van der Waals surface area contributed by atoms with Gasteiger partial charge in [0.15, 0.2) is 6.19 Å². The summed E-state index contributed by atoms with van der Waals surface area (Å²) in [6, 6.07) is 1.77. The zero-order valence-corrected chi connectivity index (χ0v) is 10.7. The fourth-order valence-electron chi connectivity index (χ4n) is 2.48. The minimum absolute atomic E-state index is 0.549. The second-order valence-corrected chi connectivity index (χ2v) is 4.79. The zero-order valence-electron chi connectivity index (χ0n) is 10.7. The molecule has 0 amide bonds. The van der Waals surface area contributed by atoms with Gasteiger partial charge in [-0.25, -0.2) is 9.97 Å². The van der Waals surface area contributed by atoms with E-state index in [1.165, 1.54) is 32.1 Å². The van der Waals surface area contributed by atoms with Crippen molar-refractivity contribution in [2.75, 3.05) is 17.2 Å². The lowest BCUT2D eigenvalue weighted by Gasteiger charge is -2.11. The maximum Gasteiger partial charge on any atom is 0.182 e. The number of aryl methyl sites for hydroxylation is 1. The van der Waals surface area contributed by atoms with Crippen LogP contribution in [0.15, 0.2) is 6.07 Å². The zero-order chi connectivity index (χ0) is 12.8. The predicted octanol–water partition coefficient (Wildman–Crippen LogP) is 2.67. The van der Waals surface area contributed by atoms with Gasteiger partial charge in [-0.3, -0.25) is 5.32 Å². The van der Waals surface area contributed by atoms with Crippen LogP contribution in [-0.4, -0.2) is 16.5 Å². The fourth-order valence-corrected chi connectivity index (χ4v) is 2.48. The van der Waals surface area contributed by atoms with E-state index in [2.05, 4.69) is 20.6 Å². The molecule has 96 valence electrons. The Morgan fingerprint density at radius 3 is 2.78 bits per heavy atom. The molecule has 0 unspecified atom stereocenters. The molecule has 5 heteroatoms. The summed E-state index contributed by atoms with van der Waals surface area (Å²) in [6.07, 6.45) is 8.57. The van der Waals surface area contributed by atoms with Gasteiger partial charge < -0.3 is 5.32 Å². The van der Waals surface area contributed by atoms with Gasteiger partial charge in [-0.15, -0.1) is 0 Å². The van der Waals surface area contributed by atoms with Gasteiger partial charge in [-0.05, 0) is 19.3 Å². The van der Waals surface area contributed by atoms with E-state index in [1.807, 2.05) is 13.1 Å². The van der Waals surface area contributed by atoms with Crippen LogP contribution < -0.4 is 10.6 Å². The minimum Gasteiger partial charge on any atom is -0.370 e. The highest BCUT2D eigenvalue weighted by molar-refractivity contribution is 5.49. The van der Waals surface area contributed by atoms with Crippen molar-refractivity contribution in [3.05, 3.63) is 11.9 Å². The molecule has 0 aliphatic heterocycles. The third-order valence-electron chi connectivity index (χ3n) is 3.36. The van der Waals surface area contributed by atoms with Crippen molar-refractivity contribution in [1.29, 1.82) is 5.26 Å². The summed E-state index contributed by atoms with van der Waals surface area (Å²) in [7, 11) is 0. The van der Waals surface area contributed by atoms with Crippen molar-refractivity contribution in [2.45, 2.75) is 39.0 Å². The highest BCUT2D eigenvalue weighted by Crippen LogP contribution is 2.27. The predicted molar refractivity (Wildman–Crippen MR) is 71.1 cm³/mol.